The number of hydrogen-bond donors (Lipinski definition) is 0. The molecule has 0 unspecified atom stereocenters. The first-order valence-electron chi connectivity index (χ1n) is 6.04. The van der Waals surface area contributed by atoms with Crippen LogP contribution in [0.15, 0.2) is 0 Å². The third-order valence-electron chi connectivity index (χ3n) is 3.46. The molecule has 0 aromatic heterocycles. The Morgan fingerprint density at radius 3 is 2.13 bits per heavy atom. The van der Waals surface area contributed by atoms with Gasteiger partial charge in [0.2, 0.25) is 0 Å². The lowest BCUT2D eigenvalue weighted by Gasteiger charge is -2.26. The second-order valence-electron chi connectivity index (χ2n) is 4.99. The average Bonchev–Trinajstić information content (AvgIpc) is 2.14. The standard InChI is InChI=1S/C12H21F3/c1-10-5-7-11(8-6-10)4-2-3-9-12(13,14)15/h10-11H,2-9H2,1H3. The highest BCUT2D eigenvalue weighted by molar-refractivity contribution is 4.70. The van der Waals surface area contributed by atoms with Gasteiger partial charge in [-0.15, -0.1) is 0 Å². The predicted octanol–water partition coefficient (Wildman–Crippen LogP) is 4.94. The van der Waals surface area contributed by atoms with E-state index in [4.69, 9.17) is 0 Å². The van der Waals surface area contributed by atoms with Crippen LogP contribution in [0.25, 0.3) is 0 Å². The zero-order chi connectivity index (χ0) is 11.3. The van der Waals surface area contributed by atoms with Gasteiger partial charge in [0.1, 0.15) is 0 Å². The van der Waals surface area contributed by atoms with Crippen molar-refractivity contribution in [3.05, 3.63) is 0 Å². The molecule has 1 fully saturated rings. The summed E-state index contributed by atoms with van der Waals surface area (Å²) in [5, 5.41) is 0. The molecule has 1 aliphatic rings. The fraction of sp³-hybridized carbons (Fsp3) is 1.00. The van der Waals surface area contributed by atoms with Gasteiger partial charge in [0.25, 0.3) is 0 Å². The van der Waals surface area contributed by atoms with Gasteiger partial charge in [0, 0.05) is 6.42 Å². The van der Waals surface area contributed by atoms with Crippen LogP contribution >= 0.6 is 0 Å². The molecule has 0 atom stereocenters. The molecule has 0 radical (unpaired) electrons. The molecule has 0 amide bonds. The first kappa shape index (κ1) is 12.9. The molecule has 1 saturated carbocycles. The Hall–Kier alpha value is -0.210. The van der Waals surface area contributed by atoms with E-state index in [0.717, 1.165) is 18.8 Å². The zero-order valence-corrected chi connectivity index (χ0v) is 9.45. The van der Waals surface area contributed by atoms with Crippen LogP contribution in [0.3, 0.4) is 0 Å². The van der Waals surface area contributed by atoms with Crippen molar-refractivity contribution in [3.63, 3.8) is 0 Å². The van der Waals surface area contributed by atoms with Crippen LogP contribution in [-0.2, 0) is 0 Å². The highest BCUT2D eigenvalue weighted by Crippen LogP contribution is 2.32. The van der Waals surface area contributed by atoms with Crippen molar-refractivity contribution in [1.29, 1.82) is 0 Å². The van der Waals surface area contributed by atoms with Crippen LogP contribution in [0.2, 0.25) is 0 Å². The van der Waals surface area contributed by atoms with Gasteiger partial charge in [-0.3, -0.25) is 0 Å². The highest BCUT2D eigenvalue weighted by Gasteiger charge is 2.26. The molecular formula is C12H21F3. The molecule has 0 aliphatic heterocycles. The third kappa shape index (κ3) is 6.06. The molecule has 0 spiro atoms. The minimum atomic E-state index is -3.96. The Labute approximate surface area is 90.2 Å². The summed E-state index contributed by atoms with van der Waals surface area (Å²) in [7, 11) is 0. The van der Waals surface area contributed by atoms with Crippen LogP contribution in [0.5, 0.6) is 0 Å². The maximum atomic E-state index is 11.9. The summed E-state index contributed by atoms with van der Waals surface area (Å²) in [6.45, 7) is 2.26. The van der Waals surface area contributed by atoms with Crippen molar-refractivity contribution in [3.8, 4) is 0 Å². The van der Waals surface area contributed by atoms with Gasteiger partial charge in [0.15, 0.2) is 0 Å². The Balaban J connectivity index is 2.01. The number of halogens is 3. The molecule has 0 aromatic rings. The van der Waals surface area contributed by atoms with E-state index in [0.29, 0.717) is 12.3 Å². The lowest BCUT2D eigenvalue weighted by atomic mass is 9.80. The first-order valence-corrected chi connectivity index (χ1v) is 6.04. The van der Waals surface area contributed by atoms with Crippen molar-refractivity contribution < 1.29 is 13.2 Å². The fourth-order valence-corrected chi connectivity index (χ4v) is 2.38. The molecule has 0 aromatic carbocycles. The monoisotopic (exact) mass is 222 g/mol. The predicted molar refractivity (Wildman–Crippen MR) is 55.6 cm³/mol. The Bertz CT molecular complexity index is 166. The second-order valence-corrected chi connectivity index (χ2v) is 4.99. The van der Waals surface area contributed by atoms with Crippen LogP contribution in [0, 0.1) is 11.8 Å². The third-order valence-corrected chi connectivity index (χ3v) is 3.46. The summed E-state index contributed by atoms with van der Waals surface area (Å²) >= 11 is 0. The lowest BCUT2D eigenvalue weighted by Crippen LogP contribution is -2.12. The molecular weight excluding hydrogens is 201 g/mol. The maximum absolute atomic E-state index is 11.9. The van der Waals surface area contributed by atoms with Gasteiger partial charge < -0.3 is 0 Å². The normalized spacial score (nSPS) is 28.0. The SMILES string of the molecule is CC1CCC(CCCCC(F)(F)F)CC1. The van der Waals surface area contributed by atoms with Gasteiger partial charge in [-0.1, -0.05) is 45.4 Å². The van der Waals surface area contributed by atoms with E-state index in [1.54, 1.807) is 0 Å². The van der Waals surface area contributed by atoms with E-state index in [-0.39, 0.29) is 0 Å². The molecule has 1 aliphatic carbocycles. The van der Waals surface area contributed by atoms with Gasteiger partial charge >= 0.3 is 6.18 Å². The van der Waals surface area contributed by atoms with Crippen LogP contribution in [0.1, 0.15) is 58.3 Å². The molecule has 0 N–H and O–H groups in total. The summed E-state index contributed by atoms with van der Waals surface area (Å²) in [6.07, 6.45) is 2.50. The van der Waals surface area contributed by atoms with Crippen LogP contribution in [0.4, 0.5) is 13.2 Å². The maximum Gasteiger partial charge on any atom is 0.389 e. The number of hydrogen-bond acceptors (Lipinski definition) is 0. The largest absolute Gasteiger partial charge is 0.389 e. The number of unbranched alkanes of at least 4 members (excludes halogenated alkanes) is 1. The van der Waals surface area contributed by atoms with Gasteiger partial charge in [-0.25, -0.2) is 0 Å². The lowest BCUT2D eigenvalue weighted by molar-refractivity contribution is -0.135. The molecule has 0 nitrogen and oxygen atoms in total. The highest BCUT2D eigenvalue weighted by atomic mass is 19.4. The Morgan fingerprint density at radius 1 is 1.00 bits per heavy atom. The quantitative estimate of drug-likeness (QED) is 0.591. The van der Waals surface area contributed by atoms with Crippen molar-refractivity contribution in [2.24, 2.45) is 11.8 Å². The van der Waals surface area contributed by atoms with E-state index in [2.05, 4.69) is 6.92 Å². The van der Waals surface area contributed by atoms with E-state index < -0.39 is 12.6 Å². The van der Waals surface area contributed by atoms with Crippen LogP contribution < -0.4 is 0 Å². The number of rotatable bonds is 4. The van der Waals surface area contributed by atoms with Crippen molar-refractivity contribution in [1.82, 2.24) is 0 Å². The smallest absolute Gasteiger partial charge is 0.171 e. The summed E-state index contributed by atoms with van der Waals surface area (Å²) in [5.74, 6) is 1.53. The van der Waals surface area contributed by atoms with E-state index in [1.807, 2.05) is 0 Å². The molecule has 15 heavy (non-hydrogen) atoms. The van der Waals surface area contributed by atoms with Crippen molar-refractivity contribution >= 4 is 0 Å². The van der Waals surface area contributed by atoms with Gasteiger partial charge in [0.05, 0.1) is 0 Å². The summed E-state index contributed by atoms with van der Waals surface area (Å²) in [5.41, 5.74) is 0. The molecule has 0 saturated heterocycles. The minimum Gasteiger partial charge on any atom is -0.171 e. The molecule has 0 bridgehead atoms. The minimum absolute atomic E-state index is 0.315. The van der Waals surface area contributed by atoms with E-state index in [9.17, 15) is 13.2 Å². The van der Waals surface area contributed by atoms with E-state index >= 15 is 0 Å². The van der Waals surface area contributed by atoms with Crippen molar-refractivity contribution in [2.75, 3.05) is 0 Å². The average molecular weight is 222 g/mol. The topological polar surface area (TPSA) is 0 Å². The molecule has 3 heteroatoms. The number of alkyl halides is 3. The van der Waals surface area contributed by atoms with Gasteiger partial charge in [-0.2, -0.15) is 13.2 Å². The summed E-state index contributed by atoms with van der Waals surface area (Å²) < 4.78 is 35.6. The fourth-order valence-electron chi connectivity index (χ4n) is 2.38. The second kappa shape index (κ2) is 5.76. The zero-order valence-electron chi connectivity index (χ0n) is 9.45. The van der Waals surface area contributed by atoms with Crippen LogP contribution in [-0.4, -0.2) is 6.18 Å². The first-order chi connectivity index (χ1) is 6.97. The van der Waals surface area contributed by atoms with Gasteiger partial charge in [-0.05, 0) is 18.3 Å². The Kier molecular flexibility index (Phi) is 4.94. The van der Waals surface area contributed by atoms with E-state index in [1.165, 1.54) is 25.7 Å². The van der Waals surface area contributed by atoms with Crippen molar-refractivity contribution in [2.45, 2.75) is 64.5 Å². The Morgan fingerprint density at radius 2 is 1.60 bits per heavy atom. The summed E-state index contributed by atoms with van der Waals surface area (Å²) in [4.78, 5) is 0. The molecule has 0 heterocycles. The molecule has 1 rings (SSSR count). The molecule has 90 valence electrons. The summed E-state index contributed by atoms with van der Waals surface area (Å²) in [6, 6.07) is 0.